The second-order valence-electron chi connectivity index (χ2n) is 10.9. The monoisotopic (exact) mass is 493 g/mol. The number of carbonyl (C=O) groups is 2. The second kappa shape index (κ2) is 10.5. The third-order valence-corrected chi connectivity index (χ3v) is 7.49. The fourth-order valence-corrected chi connectivity index (χ4v) is 5.12. The minimum atomic E-state index is -0.0800. The van der Waals surface area contributed by atoms with Gasteiger partial charge in [-0.3, -0.25) is 14.5 Å². The Hall–Kier alpha value is -3.06. The van der Waals surface area contributed by atoms with Crippen molar-refractivity contribution in [1.29, 1.82) is 0 Å². The van der Waals surface area contributed by atoms with E-state index in [2.05, 4.69) is 24.8 Å². The summed E-state index contributed by atoms with van der Waals surface area (Å²) < 4.78 is 5.75. The van der Waals surface area contributed by atoms with Gasteiger partial charge in [0.25, 0.3) is 5.91 Å². The molecule has 7 nitrogen and oxygen atoms in total. The molecule has 0 unspecified atom stereocenters. The Labute approximate surface area is 214 Å². The first-order chi connectivity index (χ1) is 17.0. The number of rotatable bonds is 7. The summed E-state index contributed by atoms with van der Waals surface area (Å²) in [5.41, 5.74) is 4.18. The van der Waals surface area contributed by atoms with Gasteiger partial charge in [0.05, 0.1) is 6.10 Å². The summed E-state index contributed by atoms with van der Waals surface area (Å²) in [6.07, 6.45) is 1.80. The van der Waals surface area contributed by atoms with Crippen LogP contribution in [0.1, 0.15) is 68.1 Å². The van der Waals surface area contributed by atoms with Crippen LogP contribution in [-0.4, -0.2) is 69.4 Å². The number of amides is 2. The van der Waals surface area contributed by atoms with Crippen LogP contribution < -0.4 is 4.74 Å². The lowest BCUT2D eigenvalue weighted by molar-refractivity contribution is -0.130. The second-order valence-corrected chi connectivity index (χ2v) is 10.9. The van der Waals surface area contributed by atoms with Crippen LogP contribution in [0.25, 0.3) is 0 Å². The lowest BCUT2D eigenvalue weighted by Crippen LogP contribution is -2.50. The van der Waals surface area contributed by atoms with Gasteiger partial charge in [0.15, 0.2) is 11.5 Å². The highest BCUT2D eigenvalue weighted by Crippen LogP contribution is 2.35. The molecule has 2 aliphatic heterocycles. The first kappa shape index (κ1) is 26.0. The Morgan fingerprint density at radius 1 is 1.03 bits per heavy atom. The Kier molecular flexibility index (Phi) is 7.59. The molecule has 2 aromatic carbocycles. The van der Waals surface area contributed by atoms with E-state index >= 15 is 0 Å². The number of benzene rings is 2. The lowest BCUT2D eigenvalue weighted by atomic mass is 9.93. The number of ether oxygens (including phenoxy) is 1. The Bertz CT molecular complexity index is 1120. The van der Waals surface area contributed by atoms with Crippen molar-refractivity contribution >= 4 is 11.8 Å². The van der Waals surface area contributed by atoms with Crippen LogP contribution in [0.5, 0.6) is 11.5 Å². The SMILES string of the molecule is CC(=O)N1CCN(C(=O)c2cccc3c2CN(C(C)(C)CCc2ccc(O)c(OC(C)C)c2)C3)CC1. The summed E-state index contributed by atoms with van der Waals surface area (Å²) in [4.78, 5) is 31.2. The number of fused-ring (bicyclic) bond motifs is 1. The number of carbonyl (C=O) groups excluding carboxylic acids is 2. The summed E-state index contributed by atoms with van der Waals surface area (Å²) in [6.45, 7) is 13.9. The predicted octanol–water partition coefficient (Wildman–Crippen LogP) is 4.21. The van der Waals surface area contributed by atoms with Gasteiger partial charge < -0.3 is 19.6 Å². The molecule has 0 bridgehead atoms. The molecule has 1 fully saturated rings. The minimum Gasteiger partial charge on any atom is -0.504 e. The van der Waals surface area contributed by atoms with Gasteiger partial charge in [-0.25, -0.2) is 0 Å². The van der Waals surface area contributed by atoms with E-state index in [1.807, 2.05) is 43.0 Å². The summed E-state index contributed by atoms with van der Waals surface area (Å²) in [5, 5.41) is 10.1. The molecule has 2 amide bonds. The van der Waals surface area contributed by atoms with Crippen molar-refractivity contribution in [3.63, 3.8) is 0 Å². The zero-order valence-corrected chi connectivity index (χ0v) is 22.2. The van der Waals surface area contributed by atoms with Crippen molar-refractivity contribution in [2.75, 3.05) is 26.2 Å². The van der Waals surface area contributed by atoms with E-state index < -0.39 is 0 Å². The van der Waals surface area contributed by atoms with Crippen LogP contribution in [0.4, 0.5) is 0 Å². The molecule has 2 aromatic rings. The first-order valence-electron chi connectivity index (χ1n) is 12.9. The molecule has 0 aromatic heterocycles. The third-order valence-electron chi connectivity index (χ3n) is 7.49. The van der Waals surface area contributed by atoms with Crippen molar-refractivity contribution < 1.29 is 19.4 Å². The van der Waals surface area contributed by atoms with E-state index in [0.29, 0.717) is 31.9 Å². The van der Waals surface area contributed by atoms with Gasteiger partial charge in [0.2, 0.25) is 5.91 Å². The minimum absolute atomic E-state index is 0.000566. The number of phenols is 1. The highest BCUT2D eigenvalue weighted by atomic mass is 16.5. The summed E-state index contributed by atoms with van der Waals surface area (Å²) >= 11 is 0. The fourth-order valence-electron chi connectivity index (χ4n) is 5.12. The quantitative estimate of drug-likeness (QED) is 0.626. The summed E-state index contributed by atoms with van der Waals surface area (Å²) in [5.74, 6) is 0.829. The van der Waals surface area contributed by atoms with E-state index in [1.54, 1.807) is 17.9 Å². The van der Waals surface area contributed by atoms with Crippen molar-refractivity contribution in [3.8, 4) is 11.5 Å². The number of nitrogens with zero attached hydrogens (tertiary/aromatic N) is 3. The molecule has 36 heavy (non-hydrogen) atoms. The molecule has 0 saturated carbocycles. The van der Waals surface area contributed by atoms with E-state index in [1.165, 1.54) is 5.56 Å². The number of hydrogen-bond donors (Lipinski definition) is 1. The van der Waals surface area contributed by atoms with Crippen LogP contribution in [0.15, 0.2) is 36.4 Å². The normalized spacial score (nSPS) is 16.4. The van der Waals surface area contributed by atoms with Crippen molar-refractivity contribution in [1.82, 2.24) is 14.7 Å². The average molecular weight is 494 g/mol. The van der Waals surface area contributed by atoms with E-state index in [9.17, 15) is 14.7 Å². The molecule has 0 atom stereocenters. The van der Waals surface area contributed by atoms with Crippen LogP contribution in [0, 0.1) is 0 Å². The van der Waals surface area contributed by atoms with E-state index in [0.717, 1.165) is 42.6 Å². The lowest BCUT2D eigenvalue weighted by Gasteiger charge is -2.36. The largest absolute Gasteiger partial charge is 0.504 e. The highest BCUT2D eigenvalue weighted by Gasteiger charge is 2.34. The fraction of sp³-hybridized carbons (Fsp3) is 0.517. The molecule has 0 aliphatic carbocycles. The van der Waals surface area contributed by atoms with Gasteiger partial charge in [0, 0.05) is 57.3 Å². The summed E-state index contributed by atoms with van der Waals surface area (Å²) in [6, 6.07) is 11.7. The Balaban J connectivity index is 1.42. The van der Waals surface area contributed by atoms with Gasteiger partial charge in [-0.15, -0.1) is 0 Å². The number of aryl methyl sites for hydroxylation is 1. The van der Waals surface area contributed by atoms with Gasteiger partial charge >= 0.3 is 0 Å². The van der Waals surface area contributed by atoms with E-state index in [4.69, 9.17) is 4.74 Å². The molecule has 1 N–H and O–H groups in total. The number of hydrogen-bond acceptors (Lipinski definition) is 5. The van der Waals surface area contributed by atoms with Crippen LogP contribution >= 0.6 is 0 Å². The van der Waals surface area contributed by atoms with Crippen molar-refractivity contribution in [3.05, 3.63) is 58.7 Å². The van der Waals surface area contributed by atoms with Gasteiger partial charge in [-0.05, 0) is 75.4 Å². The van der Waals surface area contributed by atoms with Gasteiger partial charge in [-0.1, -0.05) is 18.2 Å². The number of piperazine rings is 1. The maximum absolute atomic E-state index is 13.4. The molecule has 194 valence electrons. The molecule has 2 aliphatic rings. The molecule has 4 rings (SSSR count). The molecule has 0 radical (unpaired) electrons. The van der Waals surface area contributed by atoms with E-state index in [-0.39, 0.29) is 29.2 Å². The topological polar surface area (TPSA) is 73.3 Å². The molecule has 7 heteroatoms. The zero-order chi connectivity index (χ0) is 26.0. The molecular formula is C29H39N3O4. The Morgan fingerprint density at radius 3 is 2.39 bits per heavy atom. The van der Waals surface area contributed by atoms with Crippen LogP contribution in [-0.2, 0) is 24.3 Å². The first-order valence-corrected chi connectivity index (χ1v) is 12.9. The van der Waals surface area contributed by atoms with Crippen LogP contribution in [0.2, 0.25) is 0 Å². The number of aromatic hydroxyl groups is 1. The zero-order valence-electron chi connectivity index (χ0n) is 22.2. The summed E-state index contributed by atoms with van der Waals surface area (Å²) in [7, 11) is 0. The maximum atomic E-state index is 13.4. The van der Waals surface area contributed by atoms with Crippen LogP contribution in [0.3, 0.4) is 0 Å². The Morgan fingerprint density at radius 2 is 1.72 bits per heavy atom. The molecule has 1 saturated heterocycles. The van der Waals surface area contributed by atoms with Gasteiger partial charge in [0.1, 0.15) is 0 Å². The van der Waals surface area contributed by atoms with Gasteiger partial charge in [-0.2, -0.15) is 0 Å². The number of phenolic OH excluding ortho intramolecular Hbond substituents is 1. The standard InChI is InChI=1S/C29H39N3O4/c1-20(2)36-27-17-22(9-10-26(27)34)11-12-29(4,5)32-18-23-7-6-8-24(25(23)19-32)28(35)31-15-13-30(14-16-31)21(3)33/h6-10,17,20,34H,11-16,18-19H2,1-5H3. The van der Waals surface area contributed by atoms with Crippen molar-refractivity contribution in [2.24, 2.45) is 0 Å². The van der Waals surface area contributed by atoms with Crippen molar-refractivity contribution in [2.45, 2.75) is 72.2 Å². The smallest absolute Gasteiger partial charge is 0.254 e. The molecule has 0 spiro atoms. The third kappa shape index (κ3) is 5.67. The molecular weight excluding hydrogens is 454 g/mol. The average Bonchev–Trinajstić information content (AvgIpc) is 3.29. The highest BCUT2D eigenvalue weighted by molar-refractivity contribution is 5.96. The molecule has 2 heterocycles. The predicted molar refractivity (Wildman–Crippen MR) is 140 cm³/mol. The maximum Gasteiger partial charge on any atom is 0.254 e.